The van der Waals surface area contributed by atoms with Gasteiger partial charge in [-0.1, -0.05) is 30.1 Å². The van der Waals surface area contributed by atoms with Crippen molar-refractivity contribution < 1.29 is 4.74 Å². The predicted octanol–water partition coefficient (Wildman–Crippen LogP) is 3.54. The third-order valence-electron chi connectivity index (χ3n) is 2.37. The Balaban J connectivity index is 2.63. The largest absolute Gasteiger partial charge is 0.495 e. The van der Waals surface area contributed by atoms with E-state index in [0.29, 0.717) is 10.8 Å². The van der Waals surface area contributed by atoms with Crippen molar-refractivity contribution in [2.24, 2.45) is 0 Å². The number of hydrogen-bond donors (Lipinski definition) is 1. The monoisotopic (exact) mass is 261 g/mol. The number of rotatable bonds is 6. The zero-order valence-corrected chi connectivity index (χ0v) is 11.2. The first-order chi connectivity index (χ1) is 7.69. The topological polar surface area (TPSA) is 21.3 Å². The number of methoxy groups -OCH3 is 1. The Hall–Kier alpha value is -0.440. The van der Waals surface area contributed by atoms with Gasteiger partial charge in [0.15, 0.2) is 0 Å². The molecule has 16 heavy (non-hydrogen) atoms. The lowest BCUT2D eigenvalue weighted by Crippen LogP contribution is -2.14. The molecular weight excluding hydrogens is 245 g/mol. The molecule has 0 aliphatic heterocycles. The number of benzene rings is 1. The molecular formula is C12H17Cl2NO. The van der Waals surface area contributed by atoms with Crippen molar-refractivity contribution in [3.05, 3.63) is 27.7 Å². The van der Waals surface area contributed by atoms with Crippen LogP contribution in [0.2, 0.25) is 10.0 Å². The number of nitrogens with one attached hydrogen (secondary N) is 1. The van der Waals surface area contributed by atoms with Crippen LogP contribution in [-0.2, 0) is 6.42 Å². The van der Waals surface area contributed by atoms with Crippen LogP contribution in [-0.4, -0.2) is 20.2 Å². The number of hydrogen-bond acceptors (Lipinski definition) is 2. The highest BCUT2D eigenvalue weighted by Gasteiger charge is 2.07. The molecule has 0 amide bonds. The van der Waals surface area contributed by atoms with E-state index in [9.17, 15) is 0 Å². The van der Waals surface area contributed by atoms with Gasteiger partial charge in [0.25, 0.3) is 0 Å². The molecule has 0 aliphatic carbocycles. The van der Waals surface area contributed by atoms with Crippen molar-refractivity contribution in [1.29, 1.82) is 0 Å². The summed E-state index contributed by atoms with van der Waals surface area (Å²) in [5, 5.41) is 4.61. The molecule has 90 valence electrons. The van der Waals surface area contributed by atoms with Gasteiger partial charge in [0, 0.05) is 11.1 Å². The second-order valence-corrected chi connectivity index (χ2v) is 4.35. The molecule has 1 N–H and O–H groups in total. The first kappa shape index (κ1) is 13.6. The zero-order valence-electron chi connectivity index (χ0n) is 9.65. The second kappa shape index (κ2) is 7.00. The fourth-order valence-electron chi connectivity index (χ4n) is 1.50. The maximum absolute atomic E-state index is 6.13. The fourth-order valence-corrected chi connectivity index (χ4v) is 2.01. The third kappa shape index (κ3) is 3.85. The van der Waals surface area contributed by atoms with Crippen LogP contribution in [0.5, 0.6) is 5.75 Å². The predicted molar refractivity (Wildman–Crippen MR) is 69.9 cm³/mol. The summed E-state index contributed by atoms with van der Waals surface area (Å²) in [5.41, 5.74) is 1.07. The average Bonchev–Trinajstić information content (AvgIpc) is 2.28. The summed E-state index contributed by atoms with van der Waals surface area (Å²) < 4.78 is 5.10. The van der Waals surface area contributed by atoms with Crippen LogP contribution in [0.1, 0.15) is 18.9 Å². The van der Waals surface area contributed by atoms with Crippen molar-refractivity contribution in [3.63, 3.8) is 0 Å². The average molecular weight is 262 g/mol. The van der Waals surface area contributed by atoms with Gasteiger partial charge in [0.05, 0.1) is 12.1 Å². The number of ether oxygens (including phenoxy) is 1. The standard InChI is InChI=1S/C12H17Cl2NO/c1-3-15-6-4-5-9-7-11(14)12(16-2)8-10(9)13/h7-8,15H,3-6H2,1-2H3. The molecule has 1 rings (SSSR count). The Morgan fingerprint density at radius 2 is 2.00 bits per heavy atom. The van der Waals surface area contributed by atoms with Gasteiger partial charge in [-0.15, -0.1) is 0 Å². The number of halogens is 2. The molecule has 1 aromatic rings. The molecule has 0 bridgehead atoms. The highest BCUT2D eigenvalue weighted by Crippen LogP contribution is 2.31. The first-order valence-electron chi connectivity index (χ1n) is 5.41. The van der Waals surface area contributed by atoms with Gasteiger partial charge in [-0.3, -0.25) is 0 Å². The maximum atomic E-state index is 6.13. The van der Waals surface area contributed by atoms with Crippen LogP contribution in [0, 0.1) is 0 Å². The number of aryl methyl sites for hydroxylation is 1. The van der Waals surface area contributed by atoms with E-state index in [1.165, 1.54) is 0 Å². The molecule has 4 heteroatoms. The molecule has 1 aromatic carbocycles. The molecule has 0 fully saturated rings. The van der Waals surface area contributed by atoms with E-state index >= 15 is 0 Å². The van der Waals surface area contributed by atoms with E-state index in [1.54, 1.807) is 13.2 Å². The van der Waals surface area contributed by atoms with Gasteiger partial charge < -0.3 is 10.1 Å². The fraction of sp³-hybridized carbons (Fsp3) is 0.500. The molecule has 0 aliphatic rings. The van der Waals surface area contributed by atoms with E-state index in [2.05, 4.69) is 12.2 Å². The first-order valence-corrected chi connectivity index (χ1v) is 6.17. The van der Waals surface area contributed by atoms with Gasteiger partial charge in [-0.25, -0.2) is 0 Å². The summed E-state index contributed by atoms with van der Waals surface area (Å²) in [5.74, 6) is 0.627. The Morgan fingerprint density at radius 3 is 2.62 bits per heavy atom. The molecule has 0 saturated heterocycles. The zero-order chi connectivity index (χ0) is 12.0. The van der Waals surface area contributed by atoms with Crippen molar-refractivity contribution in [2.75, 3.05) is 20.2 Å². The van der Waals surface area contributed by atoms with Crippen LogP contribution >= 0.6 is 23.2 Å². The summed E-state index contributed by atoms with van der Waals surface area (Å²) in [6.07, 6.45) is 1.98. The van der Waals surface area contributed by atoms with Crippen LogP contribution in [0.15, 0.2) is 12.1 Å². The minimum absolute atomic E-state index is 0.616. The van der Waals surface area contributed by atoms with Crippen molar-refractivity contribution in [1.82, 2.24) is 5.32 Å². The van der Waals surface area contributed by atoms with E-state index in [4.69, 9.17) is 27.9 Å². The van der Waals surface area contributed by atoms with Gasteiger partial charge in [-0.05, 0) is 37.6 Å². The normalized spacial score (nSPS) is 10.5. The van der Waals surface area contributed by atoms with E-state index in [1.807, 2.05) is 6.07 Å². The van der Waals surface area contributed by atoms with Crippen LogP contribution in [0.4, 0.5) is 0 Å². The smallest absolute Gasteiger partial charge is 0.138 e. The second-order valence-electron chi connectivity index (χ2n) is 3.54. The van der Waals surface area contributed by atoms with Crippen molar-refractivity contribution in [3.8, 4) is 5.75 Å². The van der Waals surface area contributed by atoms with Gasteiger partial charge in [0.1, 0.15) is 5.75 Å². The lowest BCUT2D eigenvalue weighted by molar-refractivity contribution is 0.415. The molecule has 0 heterocycles. The molecule has 2 nitrogen and oxygen atoms in total. The van der Waals surface area contributed by atoms with Crippen LogP contribution in [0.25, 0.3) is 0 Å². The lowest BCUT2D eigenvalue weighted by Gasteiger charge is -2.09. The van der Waals surface area contributed by atoms with E-state index < -0.39 is 0 Å². The van der Waals surface area contributed by atoms with Crippen LogP contribution < -0.4 is 10.1 Å². The molecule has 0 saturated carbocycles. The quantitative estimate of drug-likeness (QED) is 0.792. The van der Waals surface area contributed by atoms with Crippen molar-refractivity contribution in [2.45, 2.75) is 19.8 Å². The summed E-state index contributed by atoms with van der Waals surface area (Å²) in [6, 6.07) is 3.65. The van der Waals surface area contributed by atoms with Gasteiger partial charge >= 0.3 is 0 Å². The molecule has 0 radical (unpaired) electrons. The highest BCUT2D eigenvalue weighted by atomic mass is 35.5. The lowest BCUT2D eigenvalue weighted by atomic mass is 10.1. The maximum Gasteiger partial charge on any atom is 0.138 e. The summed E-state index contributed by atoms with van der Waals surface area (Å²) in [7, 11) is 1.59. The Labute approximate surface area is 107 Å². The van der Waals surface area contributed by atoms with Crippen molar-refractivity contribution >= 4 is 23.2 Å². The highest BCUT2D eigenvalue weighted by molar-refractivity contribution is 6.34. The minimum atomic E-state index is 0.616. The molecule has 0 atom stereocenters. The summed E-state index contributed by atoms with van der Waals surface area (Å²) in [4.78, 5) is 0. The van der Waals surface area contributed by atoms with Gasteiger partial charge in [-0.2, -0.15) is 0 Å². The third-order valence-corrected chi connectivity index (χ3v) is 3.02. The van der Waals surface area contributed by atoms with Crippen LogP contribution in [0.3, 0.4) is 0 Å². The molecule has 0 unspecified atom stereocenters. The molecule has 0 aromatic heterocycles. The van der Waals surface area contributed by atoms with E-state index in [-0.39, 0.29) is 0 Å². The SMILES string of the molecule is CCNCCCc1cc(Cl)c(OC)cc1Cl. The van der Waals surface area contributed by atoms with E-state index in [0.717, 1.165) is 36.5 Å². The Bertz CT molecular complexity index is 342. The summed E-state index contributed by atoms with van der Waals surface area (Å²) >= 11 is 12.2. The summed E-state index contributed by atoms with van der Waals surface area (Å²) in [6.45, 7) is 4.09. The minimum Gasteiger partial charge on any atom is -0.495 e. The van der Waals surface area contributed by atoms with Gasteiger partial charge in [0.2, 0.25) is 0 Å². The Kier molecular flexibility index (Phi) is 5.96. The Morgan fingerprint density at radius 1 is 1.25 bits per heavy atom. The molecule has 0 spiro atoms.